The molecule has 0 saturated heterocycles. The van der Waals surface area contributed by atoms with Crippen molar-refractivity contribution in [2.24, 2.45) is 23.7 Å². The summed E-state index contributed by atoms with van der Waals surface area (Å²) in [6.07, 6.45) is 6.65. The first-order chi connectivity index (χ1) is 8.93. The summed E-state index contributed by atoms with van der Waals surface area (Å²) >= 11 is 0. The Morgan fingerprint density at radius 2 is 1.84 bits per heavy atom. The van der Waals surface area contributed by atoms with E-state index in [-0.39, 0.29) is 0 Å². The predicted octanol–water partition coefficient (Wildman–Crippen LogP) is 5.03. The van der Waals surface area contributed by atoms with Crippen molar-refractivity contribution in [1.82, 2.24) is 5.32 Å². The van der Waals surface area contributed by atoms with Crippen LogP contribution in [0, 0.1) is 23.7 Å². The lowest BCUT2D eigenvalue weighted by molar-refractivity contribution is 0.142. The summed E-state index contributed by atoms with van der Waals surface area (Å²) < 4.78 is 0. The minimum Gasteiger partial charge on any atom is -0.314 e. The summed E-state index contributed by atoms with van der Waals surface area (Å²) in [6, 6.07) is 0.609. The van der Waals surface area contributed by atoms with Crippen LogP contribution >= 0.6 is 0 Å². The minimum atomic E-state index is 0.609. The van der Waals surface area contributed by atoms with E-state index in [2.05, 4.69) is 46.5 Å². The molecule has 0 aromatic rings. The van der Waals surface area contributed by atoms with Crippen LogP contribution in [0.25, 0.3) is 0 Å². The van der Waals surface area contributed by atoms with Crippen molar-refractivity contribution in [2.45, 2.75) is 72.8 Å². The molecular formula is C18H35N. The monoisotopic (exact) mass is 265 g/mol. The fraction of sp³-hybridized carbons (Fsp3) is 0.889. The predicted molar refractivity (Wildman–Crippen MR) is 86.3 cm³/mol. The Morgan fingerprint density at radius 3 is 2.37 bits per heavy atom. The summed E-state index contributed by atoms with van der Waals surface area (Å²) in [6.45, 7) is 17.0. The molecule has 0 aliphatic heterocycles. The van der Waals surface area contributed by atoms with E-state index in [9.17, 15) is 0 Å². The molecule has 1 rings (SSSR count). The van der Waals surface area contributed by atoms with Gasteiger partial charge in [-0.1, -0.05) is 46.8 Å². The van der Waals surface area contributed by atoms with Gasteiger partial charge in [0.2, 0.25) is 0 Å². The summed E-state index contributed by atoms with van der Waals surface area (Å²) in [5.74, 6) is 3.50. The van der Waals surface area contributed by atoms with Crippen LogP contribution in [0.5, 0.6) is 0 Å². The van der Waals surface area contributed by atoms with Gasteiger partial charge in [-0.2, -0.15) is 0 Å². The molecule has 0 amide bonds. The van der Waals surface area contributed by atoms with Crippen molar-refractivity contribution >= 4 is 0 Å². The topological polar surface area (TPSA) is 12.0 Å². The standard InChI is InChI=1S/C18H35N/c1-7-15(6)10-18-11-16(13(2)3)8-9-17(18)12-19-14(4)5/h13-14,16-19H,6-12H2,1-5H3. The number of hydrogen-bond donors (Lipinski definition) is 1. The van der Waals surface area contributed by atoms with Gasteiger partial charge in [-0.05, 0) is 62.3 Å². The highest BCUT2D eigenvalue weighted by Crippen LogP contribution is 2.40. The third-order valence-electron chi connectivity index (χ3n) is 4.96. The summed E-state index contributed by atoms with van der Waals surface area (Å²) in [7, 11) is 0. The molecule has 1 heteroatoms. The Morgan fingerprint density at radius 1 is 1.16 bits per heavy atom. The number of allylic oxidation sites excluding steroid dienone is 1. The Kier molecular flexibility index (Phi) is 7.13. The van der Waals surface area contributed by atoms with Gasteiger partial charge >= 0.3 is 0 Å². The zero-order valence-corrected chi connectivity index (χ0v) is 13.8. The second kappa shape index (κ2) is 8.09. The fourth-order valence-electron chi connectivity index (χ4n) is 3.39. The van der Waals surface area contributed by atoms with Crippen molar-refractivity contribution in [3.8, 4) is 0 Å². The van der Waals surface area contributed by atoms with E-state index in [1.807, 2.05) is 0 Å². The van der Waals surface area contributed by atoms with Gasteiger partial charge in [0, 0.05) is 6.04 Å². The molecule has 0 aromatic carbocycles. The maximum atomic E-state index is 4.25. The zero-order valence-electron chi connectivity index (χ0n) is 13.8. The second-order valence-corrected chi connectivity index (χ2v) is 7.21. The van der Waals surface area contributed by atoms with Crippen molar-refractivity contribution in [1.29, 1.82) is 0 Å². The Labute approximate surface area is 121 Å². The van der Waals surface area contributed by atoms with Crippen LogP contribution in [0.1, 0.15) is 66.7 Å². The molecule has 112 valence electrons. The maximum absolute atomic E-state index is 4.25. The van der Waals surface area contributed by atoms with Crippen LogP contribution in [-0.2, 0) is 0 Å². The third kappa shape index (κ3) is 5.69. The quantitative estimate of drug-likeness (QED) is 0.637. The molecule has 3 atom stereocenters. The highest BCUT2D eigenvalue weighted by atomic mass is 14.9. The van der Waals surface area contributed by atoms with Crippen molar-refractivity contribution < 1.29 is 0 Å². The van der Waals surface area contributed by atoms with Gasteiger partial charge in [-0.25, -0.2) is 0 Å². The molecule has 1 aliphatic carbocycles. The van der Waals surface area contributed by atoms with E-state index < -0.39 is 0 Å². The van der Waals surface area contributed by atoms with E-state index in [4.69, 9.17) is 0 Å². The molecule has 1 nitrogen and oxygen atoms in total. The molecule has 1 aliphatic rings. The average Bonchev–Trinajstić information content (AvgIpc) is 2.36. The summed E-state index contributed by atoms with van der Waals surface area (Å²) in [5.41, 5.74) is 1.45. The lowest BCUT2D eigenvalue weighted by atomic mass is 9.68. The molecule has 1 N–H and O–H groups in total. The normalized spacial score (nSPS) is 28.1. The molecule has 0 spiro atoms. The molecule has 1 fully saturated rings. The summed E-state index contributed by atoms with van der Waals surface area (Å²) in [5, 5.41) is 3.65. The molecule has 3 unspecified atom stereocenters. The van der Waals surface area contributed by atoms with Crippen molar-refractivity contribution in [2.75, 3.05) is 6.54 Å². The first kappa shape index (κ1) is 16.8. The Balaban J connectivity index is 2.59. The van der Waals surface area contributed by atoms with E-state index in [0.29, 0.717) is 6.04 Å². The zero-order chi connectivity index (χ0) is 14.4. The SMILES string of the molecule is C=C(CC)CC1CC(C(C)C)CCC1CNC(C)C. The fourth-order valence-corrected chi connectivity index (χ4v) is 3.39. The van der Waals surface area contributed by atoms with Gasteiger partial charge in [0.25, 0.3) is 0 Å². The van der Waals surface area contributed by atoms with E-state index >= 15 is 0 Å². The molecular weight excluding hydrogens is 230 g/mol. The van der Waals surface area contributed by atoms with Crippen LogP contribution in [0.2, 0.25) is 0 Å². The molecule has 0 radical (unpaired) electrons. The van der Waals surface area contributed by atoms with Gasteiger partial charge in [0.15, 0.2) is 0 Å². The van der Waals surface area contributed by atoms with Gasteiger partial charge in [-0.15, -0.1) is 0 Å². The number of nitrogens with one attached hydrogen (secondary N) is 1. The van der Waals surface area contributed by atoms with Gasteiger partial charge in [0.05, 0.1) is 0 Å². The Bertz CT molecular complexity index is 267. The smallest absolute Gasteiger partial charge is 0.00104 e. The van der Waals surface area contributed by atoms with Crippen LogP contribution in [-0.4, -0.2) is 12.6 Å². The third-order valence-corrected chi connectivity index (χ3v) is 4.96. The maximum Gasteiger partial charge on any atom is 0.00104 e. The van der Waals surface area contributed by atoms with Crippen LogP contribution < -0.4 is 5.32 Å². The number of hydrogen-bond acceptors (Lipinski definition) is 1. The van der Waals surface area contributed by atoms with E-state index in [0.717, 1.165) is 30.1 Å². The van der Waals surface area contributed by atoms with E-state index in [1.165, 1.54) is 37.8 Å². The lowest BCUT2D eigenvalue weighted by Gasteiger charge is -2.39. The molecule has 1 saturated carbocycles. The molecule has 19 heavy (non-hydrogen) atoms. The van der Waals surface area contributed by atoms with Crippen LogP contribution in [0.4, 0.5) is 0 Å². The minimum absolute atomic E-state index is 0.609. The lowest BCUT2D eigenvalue weighted by Crippen LogP contribution is -2.37. The first-order valence-corrected chi connectivity index (χ1v) is 8.34. The van der Waals surface area contributed by atoms with Crippen molar-refractivity contribution in [3.63, 3.8) is 0 Å². The summed E-state index contributed by atoms with van der Waals surface area (Å²) in [4.78, 5) is 0. The number of rotatable bonds is 7. The average molecular weight is 265 g/mol. The molecule has 0 heterocycles. The molecule has 0 aromatic heterocycles. The highest BCUT2D eigenvalue weighted by Gasteiger charge is 2.31. The van der Waals surface area contributed by atoms with Gasteiger partial charge in [0.1, 0.15) is 0 Å². The van der Waals surface area contributed by atoms with Crippen LogP contribution in [0.15, 0.2) is 12.2 Å². The van der Waals surface area contributed by atoms with E-state index in [1.54, 1.807) is 0 Å². The largest absolute Gasteiger partial charge is 0.314 e. The van der Waals surface area contributed by atoms with Crippen LogP contribution in [0.3, 0.4) is 0 Å². The van der Waals surface area contributed by atoms with Gasteiger partial charge < -0.3 is 5.32 Å². The Hall–Kier alpha value is -0.300. The van der Waals surface area contributed by atoms with Gasteiger partial charge in [-0.3, -0.25) is 0 Å². The second-order valence-electron chi connectivity index (χ2n) is 7.21. The first-order valence-electron chi connectivity index (χ1n) is 8.34. The molecule has 0 bridgehead atoms. The highest BCUT2D eigenvalue weighted by molar-refractivity contribution is 4.97. The van der Waals surface area contributed by atoms with Crippen molar-refractivity contribution in [3.05, 3.63) is 12.2 Å².